The fourth-order valence-corrected chi connectivity index (χ4v) is 2.16. The van der Waals surface area contributed by atoms with E-state index in [9.17, 15) is 9.59 Å². The van der Waals surface area contributed by atoms with Gasteiger partial charge in [0.2, 0.25) is 5.91 Å². The molecule has 0 aromatic heterocycles. The number of esters is 1. The van der Waals surface area contributed by atoms with Crippen molar-refractivity contribution < 1.29 is 14.3 Å². The number of nitrogens with two attached hydrogens (primary N) is 1. The van der Waals surface area contributed by atoms with Gasteiger partial charge in [-0.05, 0) is 12.0 Å². The first-order chi connectivity index (χ1) is 9.11. The Hall–Kier alpha value is -1.88. The fraction of sp³-hybridized carbons (Fsp3) is 0.429. The van der Waals surface area contributed by atoms with Crippen LogP contribution in [0.1, 0.15) is 5.56 Å². The zero-order chi connectivity index (χ0) is 13.8. The van der Waals surface area contributed by atoms with E-state index >= 15 is 0 Å². The first-order valence-corrected chi connectivity index (χ1v) is 6.28. The van der Waals surface area contributed by atoms with Crippen LogP contribution in [-0.4, -0.2) is 43.0 Å². The van der Waals surface area contributed by atoms with Crippen molar-refractivity contribution >= 4 is 11.9 Å². The zero-order valence-corrected chi connectivity index (χ0v) is 10.9. The summed E-state index contributed by atoms with van der Waals surface area (Å²) in [4.78, 5) is 24.9. The molecular formula is C14H18N2O3. The number of likely N-dealkylation sites (tertiary alicyclic amines) is 1. The lowest BCUT2D eigenvalue weighted by Crippen LogP contribution is -2.57. The minimum Gasteiger partial charge on any atom is -0.469 e. The molecule has 0 bridgehead atoms. The van der Waals surface area contributed by atoms with E-state index in [1.165, 1.54) is 7.11 Å². The summed E-state index contributed by atoms with van der Waals surface area (Å²) in [6, 6.07) is 9.10. The van der Waals surface area contributed by atoms with Crippen LogP contribution < -0.4 is 5.73 Å². The molecule has 2 rings (SSSR count). The second-order valence-corrected chi connectivity index (χ2v) is 4.76. The number of rotatable bonds is 4. The number of hydrogen-bond donors (Lipinski definition) is 1. The molecule has 1 aliphatic heterocycles. The minimum atomic E-state index is -0.555. The van der Waals surface area contributed by atoms with Gasteiger partial charge in [-0.3, -0.25) is 9.59 Å². The molecule has 0 spiro atoms. The summed E-state index contributed by atoms with van der Waals surface area (Å²) in [5.41, 5.74) is 6.94. The first-order valence-electron chi connectivity index (χ1n) is 6.28. The van der Waals surface area contributed by atoms with Crippen LogP contribution in [0.2, 0.25) is 0 Å². The molecule has 5 nitrogen and oxygen atoms in total. The normalized spacial score (nSPS) is 16.6. The molecule has 1 aromatic carbocycles. The molecule has 0 radical (unpaired) electrons. The zero-order valence-electron chi connectivity index (χ0n) is 10.9. The molecule has 1 unspecified atom stereocenters. The van der Waals surface area contributed by atoms with Crippen LogP contribution in [0.5, 0.6) is 0 Å². The van der Waals surface area contributed by atoms with E-state index in [1.807, 2.05) is 30.3 Å². The summed E-state index contributed by atoms with van der Waals surface area (Å²) in [6.45, 7) is 0.821. The van der Waals surface area contributed by atoms with Crippen LogP contribution in [0.15, 0.2) is 30.3 Å². The third kappa shape index (κ3) is 3.12. The molecule has 1 heterocycles. The highest BCUT2D eigenvalue weighted by atomic mass is 16.5. The molecule has 102 valence electrons. The number of hydrogen-bond acceptors (Lipinski definition) is 4. The third-order valence-corrected chi connectivity index (χ3v) is 3.34. The van der Waals surface area contributed by atoms with Gasteiger partial charge in [0, 0.05) is 13.1 Å². The molecule has 5 heteroatoms. The van der Waals surface area contributed by atoms with Crippen molar-refractivity contribution in [1.82, 2.24) is 4.90 Å². The van der Waals surface area contributed by atoms with Crippen molar-refractivity contribution in [3.8, 4) is 0 Å². The van der Waals surface area contributed by atoms with E-state index in [4.69, 9.17) is 5.73 Å². The topological polar surface area (TPSA) is 72.6 Å². The maximum atomic E-state index is 12.0. The van der Waals surface area contributed by atoms with Crippen molar-refractivity contribution in [2.24, 2.45) is 11.7 Å². The van der Waals surface area contributed by atoms with Gasteiger partial charge < -0.3 is 15.4 Å². The number of ether oxygens (including phenoxy) is 1. The highest BCUT2D eigenvalue weighted by molar-refractivity contribution is 5.85. The average molecular weight is 262 g/mol. The van der Waals surface area contributed by atoms with E-state index < -0.39 is 6.04 Å². The van der Waals surface area contributed by atoms with E-state index in [1.54, 1.807) is 4.90 Å². The molecule has 1 aliphatic rings. The monoisotopic (exact) mass is 262 g/mol. The van der Waals surface area contributed by atoms with Crippen molar-refractivity contribution in [2.45, 2.75) is 12.5 Å². The number of benzene rings is 1. The number of carbonyl (C=O) groups excluding carboxylic acids is 2. The second kappa shape index (κ2) is 5.84. The Morgan fingerprint density at radius 2 is 2.00 bits per heavy atom. The lowest BCUT2D eigenvalue weighted by molar-refractivity contribution is -0.156. The Morgan fingerprint density at radius 3 is 2.58 bits per heavy atom. The van der Waals surface area contributed by atoms with Crippen LogP contribution in [0, 0.1) is 5.92 Å². The largest absolute Gasteiger partial charge is 0.469 e. The van der Waals surface area contributed by atoms with Gasteiger partial charge in [0.05, 0.1) is 19.1 Å². The van der Waals surface area contributed by atoms with Crippen LogP contribution in [0.4, 0.5) is 0 Å². The molecule has 19 heavy (non-hydrogen) atoms. The highest BCUT2D eigenvalue weighted by Crippen LogP contribution is 2.18. The van der Waals surface area contributed by atoms with Crippen molar-refractivity contribution in [2.75, 3.05) is 20.2 Å². The maximum Gasteiger partial charge on any atom is 0.312 e. The van der Waals surface area contributed by atoms with Gasteiger partial charge in [-0.25, -0.2) is 0 Å². The SMILES string of the molecule is COC(=O)C1CN(C(=O)C(N)Cc2ccccc2)C1. The average Bonchev–Trinajstić information content (AvgIpc) is 2.37. The molecule has 0 aliphatic carbocycles. The second-order valence-electron chi connectivity index (χ2n) is 4.76. The Bertz CT molecular complexity index is 455. The molecular weight excluding hydrogens is 244 g/mol. The Balaban J connectivity index is 1.83. The molecule has 1 saturated heterocycles. The number of amides is 1. The lowest BCUT2D eigenvalue weighted by atomic mass is 9.97. The maximum absolute atomic E-state index is 12.0. The molecule has 1 aromatic rings. The predicted octanol–water partition coefficient (Wildman–Crippen LogP) is 0.188. The summed E-state index contributed by atoms with van der Waals surface area (Å²) >= 11 is 0. The van der Waals surface area contributed by atoms with E-state index in [-0.39, 0.29) is 17.8 Å². The summed E-state index contributed by atoms with van der Waals surface area (Å²) in [5, 5.41) is 0. The Labute approximate surface area is 112 Å². The van der Waals surface area contributed by atoms with Gasteiger partial charge in [-0.1, -0.05) is 30.3 Å². The number of nitrogens with zero attached hydrogens (tertiary/aromatic N) is 1. The first kappa shape index (κ1) is 13.5. The Morgan fingerprint density at radius 1 is 1.37 bits per heavy atom. The summed E-state index contributed by atoms with van der Waals surface area (Å²) in [7, 11) is 1.36. The van der Waals surface area contributed by atoms with E-state index in [0.29, 0.717) is 19.5 Å². The number of methoxy groups -OCH3 is 1. The van der Waals surface area contributed by atoms with Gasteiger partial charge in [-0.2, -0.15) is 0 Å². The summed E-state index contributed by atoms with van der Waals surface area (Å²) in [5.74, 6) is -0.567. The summed E-state index contributed by atoms with van der Waals surface area (Å²) in [6.07, 6.45) is 0.513. The fourth-order valence-electron chi connectivity index (χ4n) is 2.16. The predicted molar refractivity (Wildman–Crippen MR) is 70.2 cm³/mol. The van der Waals surface area contributed by atoms with Crippen LogP contribution >= 0.6 is 0 Å². The molecule has 0 saturated carbocycles. The van der Waals surface area contributed by atoms with Gasteiger partial charge in [0.15, 0.2) is 0 Å². The molecule has 2 N–H and O–H groups in total. The van der Waals surface area contributed by atoms with Crippen LogP contribution in [0.3, 0.4) is 0 Å². The van der Waals surface area contributed by atoms with Gasteiger partial charge in [0.25, 0.3) is 0 Å². The molecule has 1 amide bonds. The van der Waals surface area contributed by atoms with Gasteiger partial charge in [0.1, 0.15) is 0 Å². The smallest absolute Gasteiger partial charge is 0.312 e. The van der Waals surface area contributed by atoms with Crippen LogP contribution in [-0.2, 0) is 20.7 Å². The molecule has 1 fully saturated rings. The van der Waals surface area contributed by atoms with E-state index in [2.05, 4.69) is 4.74 Å². The standard InChI is InChI=1S/C14H18N2O3/c1-19-14(18)11-8-16(9-11)13(17)12(15)7-10-5-3-2-4-6-10/h2-6,11-12H,7-9,15H2,1H3. The highest BCUT2D eigenvalue weighted by Gasteiger charge is 2.37. The third-order valence-electron chi connectivity index (χ3n) is 3.34. The minimum absolute atomic E-state index is 0.107. The van der Waals surface area contributed by atoms with Crippen molar-refractivity contribution in [1.29, 1.82) is 0 Å². The van der Waals surface area contributed by atoms with Gasteiger partial charge >= 0.3 is 5.97 Å². The Kier molecular flexibility index (Phi) is 4.16. The van der Waals surface area contributed by atoms with Crippen molar-refractivity contribution in [3.63, 3.8) is 0 Å². The molecule has 1 atom stereocenters. The lowest BCUT2D eigenvalue weighted by Gasteiger charge is -2.38. The van der Waals surface area contributed by atoms with E-state index in [0.717, 1.165) is 5.56 Å². The van der Waals surface area contributed by atoms with Crippen molar-refractivity contribution in [3.05, 3.63) is 35.9 Å². The quantitative estimate of drug-likeness (QED) is 0.786. The van der Waals surface area contributed by atoms with Gasteiger partial charge in [-0.15, -0.1) is 0 Å². The number of carbonyl (C=O) groups is 2. The van der Waals surface area contributed by atoms with Crippen LogP contribution in [0.25, 0.3) is 0 Å². The summed E-state index contributed by atoms with van der Waals surface area (Å²) < 4.78 is 4.63.